The molecule has 0 spiro atoms. The number of thiophene rings is 1. The van der Waals surface area contributed by atoms with Crippen LogP contribution in [0, 0.1) is 20.8 Å². The first-order valence-electron chi connectivity index (χ1n) is 11.2. The van der Waals surface area contributed by atoms with Gasteiger partial charge in [-0.15, -0.1) is 11.3 Å². The average Bonchev–Trinajstić information content (AvgIpc) is 3.46. The van der Waals surface area contributed by atoms with Gasteiger partial charge in [0.2, 0.25) is 15.9 Å². The number of amides is 1. The van der Waals surface area contributed by atoms with Crippen LogP contribution in [0.5, 0.6) is 0 Å². The van der Waals surface area contributed by atoms with E-state index in [2.05, 4.69) is 0 Å². The van der Waals surface area contributed by atoms with Crippen LogP contribution < -0.4 is 0 Å². The van der Waals surface area contributed by atoms with Crippen LogP contribution >= 0.6 is 11.3 Å². The van der Waals surface area contributed by atoms with Crippen molar-refractivity contribution in [3.05, 3.63) is 87.1 Å². The van der Waals surface area contributed by atoms with E-state index in [9.17, 15) is 13.2 Å². The second-order valence-electron chi connectivity index (χ2n) is 8.82. The number of carbonyl (C=O) groups excluding carboxylic acids is 1. The zero-order valence-electron chi connectivity index (χ0n) is 19.3. The third-order valence-corrected chi connectivity index (χ3v) is 8.98. The molecular weight excluding hydrogens is 452 g/mol. The Hall–Kier alpha value is -2.48. The normalized spacial score (nSPS) is 13.9. The van der Waals surface area contributed by atoms with Gasteiger partial charge in [-0.25, -0.2) is 8.42 Å². The van der Waals surface area contributed by atoms with E-state index in [1.54, 1.807) is 16.2 Å². The molecule has 0 bridgehead atoms. The summed E-state index contributed by atoms with van der Waals surface area (Å²) in [5, 5.41) is 1.99. The fourth-order valence-electron chi connectivity index (χ4n) is 4.32. The smallest absolute Gasteiger partial charge is 0.244 e. The van der Waals surface area contributed by atoms with Crippen molar-refractivity contribution >= 4 is 27.3 Å². The Bertz CT molecular complexity index is 1190. The van der Waals surface area contributed by atoms with E-state index in [-0.39, 0.29) is 18.5 Å². The van der Waals surface area contributed by atoms with Crippen LogP contribution in [0.1, 0.15) is 40.0 Å². The van der Waals surface area contributed by atoms with E-state index in [0.29, 0.717) is 18.0 Å². The van der Waals surface area contributed by atoms with Gasteiger partial charge in [-0.05, 0) is 61.7 Å². The van der Waals surface area contributed by atoms with Crippen molar-refractivity contribution in [2.45, 2.75) is 57.6 Å². The Labute approximate surface area is 200 Å². The van der Waals surface area contributed by atoms with Crippen LogP contribution in [0.2, 0.25) is 0 Å². The first-order valence-corrected chi connectivity index (χ1v) is 13.5. The SMILES string of the molecule is Cc1cc(C)c(S(=O)(=O)N(CC(=O)N(Cc2ccccc2)Cc2cccs2)C2CC2)c(C)c1. The van der Waals surface area contributed by atoms with Gasteiger partial charge in [0.15, 0.2) is 0 Å². The number of carbonyl (C=O) groups is 1. The molecule has 1 heterocycles. The van der Waals surface area contributed by atoms with Crippen LogP contribution in [0.25, 0.3) is 0 Å². The minimum absolute atomic E-state index is 0.112. The molecule has 1 saturated carbocycles. The van der Waals surface area contributed by atoms with Crippen molar-refractivity contribution in [2.75, 3.05) is 6.54 Å². The summed E-state index contributed by atoms with van der Waals surface area (Å²) in [6, 6.07) is 17.5. The number of hydrogen-bond donors (Lipinski definition) is 0. The molecule has 0 aliphatic heterocycles. The lowest BCUT2D eigenvalue weighted by molar-refractivity contribution is -0.132. The number of hydrogen-bond acceptors (Lipinski definition) is 4. The summed E-state index contributed by atoms with van der Waals surface area (Å²) < 4.78 is 29.0. The van der Waals surface area contributed by atoms with E-state index >= 15 is 0 Å². The van der Waals surface area contributed by atoms with Gasteiger partial charge in [-0.2, -0.15) is 4.31 Å². The standard InChI is InChI=1S/C26H30N2O3S2/c1-19-14-20(2)26(21(3)15-19)33(30,31)28(23-11-12-23)18-25(29)27(17-24-10-7-13-32-24)16-22-8-5-4-6-9-22/h4-10,13-15,23H,11-12,16-18H2,1-3H3. The van der Waals surface area contributed by atoms with Crippen molar-refractivity contribution < 1.29 is 13.2 Å². The fraction of sp³-hybridized carbons (Fsp3) is 0.346. The molecule has 5 nitrogen and oxygen atoms in total. The molecule has 0 radical (unpaired) electrons. The topological polar surface area (TPSA) is 57.7 Å². The summed E-state index contributed by atoms with van der Waals surface area (Å²) in [6.07, 6.45) is 1.58. The second kappa shape index (κ2) is 9.79. The fourth-order valence-corrected chi connectivity index (χ4v) is 7.09. The average molecular weight is 483 g/mol. The maximum Gasteiger partial charge on any atom is 0.244 e. The minimum Gasteiger partial charge on any atom is -0.332 e. The number of benzene rings is 2. The molecule has 1 fully saturated rings. The Kier molecular flexibility index (Phi) is 7.02. The molecule has 0 saturated heterocycles. The second-order valence-corrected chi connectivity index (χ2v) is 11.7. The van der Waals surface area contributed by atoms with Crippen molar-refractivity contribution in [3.63, 3.8) is 0 Å². The van der Waals surface area contributed by atoms with E-state index in [1.807, 2.05) is 80.7 Å². The maximum absolute atomic E-state index is 13.8. The molecule has 0 atom stereocenters. The van der Waals surface area contributed by atoms with Crippen LogP contribution in [0.15, 0.2) is 64.9 Å². The Morgan fingerprint density at radius 2 is 1.64 bits per heavy atom. The van der Waals surface area contributed by atoms with Crippen LogP contribution in [-0.2, 0) is 27.9 Å². The van der Waals surface area contributed by atoms with Gasteiger partial charge in [0.25, 0.3) is 0 Å². The van der Waals surface area contributed by atoms with Gasteiger partial charge in [0.05, 0.1) is 18.0 Å². The zero-order chi connectivity index (χ0) is 23.6. The molecule has 174 valence electrons. The van der Waals surface area contributed by atoms with Crippen molar-refractivity contribution in [3.8, 4) is 0 Å². The summed E-state index contributed by atoms with van der Waals surface area (Å²) in [5.74, 6) is -0.176. The molecular formula is C26H30N2O3S2. The highest BCUT2D eigenvalue weighted by Crippen LogP contribution is 2.34. The molecule has 0 N–H and O–H groups in total. The quantitative estimate of drug-likeness (QED) is 0.429. The third-order valence-electron chi connectivity index (χ3n) is 5.91. The van der Waals surface area contributed by atoms with Gasteiger partial charge >= 0.3 is 0 Å². The largest absolute Gasteiger partial charge is 0.332 e. The Balaban J connectivity index is 1.62. The highest BCUT2D eigenvalue weighted by atomic mass is 32.2. The number of nitrogens with zero attached hydrogens (tertiary/aromatic N) is 2. The summed E-state index contributed by atoms with van der Waals surface area (Å²) in [6.45, 7) is 6.39. The summed E-state index contributed by atoms with van der Waals surface area (Å²) in [4.78, 5) is 16.7. The summed E-state index contributed by atoms with van der Waals surface area (Å²) >= 11 is 1.60. The Morgan fingerprint density at radius 1 is 0.970 bits per heavy atom. The van der Waals surface area contributed by atoms with Crippen molar-refractivity contribution in [1.29, 1.82) is 0 Å². The molecule has 1 amide bonds. The van der Waals surface area contributed by atoms with Gasteiger partial charge in [0.1, 0.15) is 0 Å². The van der Waals surface area contributed by atoms with Crippen molar-refractivity contribution in [2.24, 2.45) is 0 Å². The van der Waals surface area contributed by atoms with E-state index in [0.717, 1.165) is 40.0 Å². The third kappa shape index (κ3) is 5.54. The Morgan fingerprint density at radius 3 is 2.21 bits per heavy atom. The van der Waals surface area contributed by atoms with E-state index < -0.39 is 10.0 Å². The van der Waals surface area contributed by atoms with Gasteiger partial charge in [-0.1, -0.05) is 54.1 Å². The maximum atomic E-state index is 13.8. The first kappa shape index (κ1) is 23.7. The number of rotatable bonds is 9. The number of sulfonamides is 1. The molecule has 1 aromatic heterocycles. The van der Waals surface area contributed by atoms with Gasteiger partial charge < -0.3 is 4.90 Å². The predicted molar refractivity (Wildman–Crippen MR) is 133 cm³/mol. The lowest BCUT2D eigenvalue weighted by atomic mass is 10.1. The summed E-state index contributed by atoms with van der Waals surface area (Å²) in [5.41, 5.74) is 3.51. The lowest BCUT2D eigenvalue weighted by Gasteiger charge is -2.28. The molecule has 1 aliphatic rings. The molecule has 33 heavy (non-hydrogen) atoms. The molecule has 2 aromatic carbocycles. The van der Waals surface area contributed by atoms with E-state index in [1.165, 1.54) is 4.31 Å². The highest BCUT2D eigenvalue weighted by Gasteiger charge is 2.41. The molecule has 4 rings (SSSR count). The minimum atomic E-state index is -3.79. The molecule has 7 heteroatoms. The first-order chi connectivity index (χ1) is 15.8. The van der Waals surface area contributed by atoms with Gasteiger partial charge in [0, 0.05) is 17.5 Å². The van der Waals surface area contributed by atoms with Crippen LogP contribution in [-0.4, -0.2) is 36.1 Å². The van der Waals surface area contributed by atoms with Crippen molar-refractivity contribution in [1.82, 2.24) is 9.21 Å². The number of aryl methyl sites for hydroxylation is 3. The monoisotopic (exact) mass is 482 g/mol. The van der Waals surface area contributed by atoms with E-state index in [4.69, 9.17) is 0 Å². The lowest BCUT2D eigenvalue weighted by Crippen LogP contribution is -2.43. The summed E-state index contributed by atoms with van der Waals surface area (Å²) in [7, 11) is -3.79. The highest BCUT2D eigenvalue weighted by molar-refractivity contribution is 7.89. The predicted octanol–water partition coefficient (Wildman–Crippen LogP) is 5.06. The molecule has 0 unspecified atom stereocenters. The molecule has 3 aromatic rings. The molecule has 1 aliphatic carbocycles. The van der Waals surface area contributed by atoms with Crippen LogP contribution in [0.4, 0.5) is 0 Å². The zero-order valence-corrected chi connectivity index (χ0v) is 21.0. The van der Waals surface area contributed by atoms with Crippen LogP contribution in [0.3, 0.4) is 0 Å². The van der Waals surface area contributed by atoms with Gasteiger partial charge in [-0.3, -0.25) is 4.79 Å².